The molecule has 1 aromatic heterocycles. The third-order valence-corrected chi connectivity index (χ3v) is 4.75. The number of hydrogen-bond donors (Lipinski definition) is 1. The molecule has 0 fully saturated rings. The Balaban J connectivity index is 1.86. The van der Waals surface area contributed by atoms with Gasteiger partial charge in [0.25, 0.3) is 5.56 Å². The molecule has 0 saturated carbocycles. The maximum absolute atomic E-state index is 12.4. The van der Waals surface area contributed by atoms with E-state index in [9.17, 15) is 9.59 Å². The van der Waals surface area contributed by atoms with Gasteiger partial charge < -0.3 is 5.32 Å². The number of aryl methyl sites for hydroxylation is 1. The molecule has 0 aliphatic carbocycles. The van der Waals surface area contributed by atoms with Gasteiger partial charge in [-0.05, 0) is 68.6 Å². The number of carbonyl (C=O) groups excluding carboxylic acids is 1. The van der Waals surface area contributed by atoms with Gasteiger partial charge in [-0.25, -0.2) is 4.98 Å². The van der Waals surface area contributed by atoms with Gasteiger partial charge in [0, 0.05) is 8.95 Å². The fraction of sp³-hybridized carbons (Fsp3) is 0.118. The minimum absolute atomic E-state index is 0.108. The summed E-state index contributed by atoms with van der Waals surface area (Å²) in [6.07, 6.45) is 1.39. The average molecular weight is 451 g/mol. The molecular weight excluding hydrogens is 438 g/mol. The van der Waals surface area contributed by atoms with E-state index in [0.717, 1.165) is 14.5 Å². The lowest BCUT2D eigenvalue weighted by molar-refractivity contribution is -0.116. The second kappa shape index (κ2) is 6.86. The highest BCUT2D eigenvalue weighted by molar-refractivity contribution is 9.11. The highest BCUT2D eigenvalue weighted by Crippen LogP contribution is 2.32. The number of hydrogen-bond acceptors (Lipinski definition) is 3. The monoisotopic (exact) mass is 449 g/mol. The Morgan fingerprint density at radius 3 is 2.58 bits per heavy atom. The Morgan fingerprint density at radius 2 is 1.88 bits per heavy atom. The van der Waals surface area contributed by atoms with Crippen molar-refractivity contribution in [3.05, 3.63) is 67.6 Å². The van der Waals surface area contributed by atoms with E-state index < -0.39 is 0 Å². The van der Waals surface area contributed by atoms with Gasteiger partial charge in [-0.15, -0.1) is 0 Å². The van der Waals surface area contributed by atoms with Crippen LogP contribution in [-0.2, 0) is 11.3 Å². The minimum Gasteiger partial charge on any atom is -0.323 e. The second-order valence-corrected chi connectivity index (χ2v) is 7.06. The SMILES string of the molecule is Cc1cc(Br)c(NC(=O)Cn2cnc3ccccc3c2=O)c(Br)c1. The molecule has 0 unspecified atom stereocenters. The van der Waals surface area contributed by atoms with E-state index in [2.05, 4.69) is 42.2 Å². The van der Waals surface area contributed by atoms with Gasteiger partial charge in [-0.3, -0.25) is 14.2 Å². The molecule has 5 nitrogen and oxygen atoms in total. The minimum atomic E-state index is -0.306. The van der Waals surface area contributed by atoms with Crippen LogP contribution in [0, 0.1) is 6.92 Å². The van der Waals surface area contributed by atoms with Crippen LogP contribution in [0.25, 0.3) is 10.9 Å². The van der Waals surface area contributed by atoms with Crippen LogP contribution >= 0.6 is 31.9 Å². The summed E-state index contributed by atoms with van der Waals surface area (Å²) in [6, 6.07) is 10.9. The number of nitrogens with zero attached hydrogens (tertiary/aromatic N) is 2. The number of para-hydroxylation sites is 1. The number of rotatable bonds is 3. The van der Waals surface area contributed by atoms with Crippen LogP contribution in [-0.4, -0.2) is 15.5 Å². The van der Waals surface area contributed by atoms with E-state index in [1.165, 1.54) is 10.9 Å². The molecule has 0 radical (unpaired) electrons. The number of nitrogens with one attached hydrogen (secondary N) is 1. The predicted molar refractivity (Wildman–Crippen MR) is 101 cm³/mol. The standard InChI is InChI=1S/C17H13Br2N3O2/c1-10-6-12(18)16(13(19)7-10)21-15(23)8-22-9-20-14-5-3-2-4-11(14)17(22)24/h2-7,9H,8H2,1H3,(H,21,23). The zero-order chi connectivity index (χ0) is 17.3. The fourth-order valence-corrected chi connectivity index (χ4v) is 3.99. The molecule has 0 spiro atoms. The molecule has 0 saturated heterocycles. The maximum atomic E-state index is 12.4. The van der Waals surface area contributed by atoms with Crippen molar-refractivity contribution in [1.82, 2.24) is 9.55 Å². The Morgan fingerprint density at radius 1 is 1.21 bits per heavy atom. The molecular formula is C17H13Br2N3O2. The summed E-state index contributed by atoms with van der Waals surface area (Å²) < 4.78 is 2.84. The molecule has 0 aliphatic rings. The molecule has 24 heavy (non-hydrogen) atoms. The number of anilines is 1. The van der Waals surface area contributed by atoms with Gasteiger partial charge in [0.1, 0.15) is 6.54 Å². The molecule has 0 aliphatic heterocycles. The summed E-state index contributed by atoms with van der Waals surface area (Å²) in [5.41, 5.74) is 2.06. The number of halogens is 2. The lowest BCUT2D eigenvalue weighted by Crippen LogP contribution is -2.28. The fourth-order valence-electron chi connectivity index (χ4n) is 2.37. The van der Waals surface area contributed by atoms with Crippen molar-refractivity contribution in [1.29, 1.82) is 0 Å². The molecule has 2 aromatic carbocycles. The zero-order valence-electron chi connectivity index (χ0n) is 12.7. The van der Waals surface area contributed by atoms with Gasteiger partial charge in [0.05, 0.1) is 22.9 Å². The van der Waals surface area contributed by atoms with Crippen molar-refractivity contribution >= 4 is 54.4 Å². The molecule has 122 valence electrons. The van der Waals surface area contributed by atoms with Crippen LogP contribution in [0.4, 0.5) is 5.69 Å². The maximum Gasteiger partial charge on any atom is 0.261 e. The molecule has 1 heterocycles. The Labute approximate surface area is 155 Å². The third kappa shape index (κ3) is 3.42. The number of fused-ring (bicyclic) bond motifs is 1. The number of carbonyl (C=O) groups is 1. The molecule has 0 atom stereocenters. The predicted octanol–water partition coefficient (Wildman–Crippen LogP) is 3.87. The van der Waals surface area contributed by atoms with E-state index in [1.807, 2.05) is 25.1 Å². The van der Waals surface area contributed by atoms with E-state index in [-0.39, 0.29) is 18.0 Å². The van der Waals surface area contributed by atoms with Crippen molar-refractivity contribution in [2.45, 2.75) is 13.5 Å². The summed E-state index contributed by atoms with van der Waals surface area (Å²) in [6.45, 7) is 1.85. The summed E-state index contributed by atoms with van der Waals surface area (Å²) in [5.74, 6) is -0.306. The summed E-state index contributed by atoms with van der Waals surface area (Å²) in [7, 11) is 0. The van der Waals surface area contributed by atoms with E-state index in [4.69, 9.17) is 0 Å². The quantitative estimate of drug-likeness (QED) is 0.658. The van der Waals surface area contributed by atoms with E-state index in [1.54, 1.807) is 18.2 Å². The largest absolute Gasteiger partial charge is 0.323 e. The van der Waals surface area contributed by atoms with Gasteiger partial charge >= 0.3 is 0 Å². The Bertz CT molecular complexity index is 976. The van der Waals surface area contributed by atoms with Crippen LogP contribution in [0.15, 0.2) is 56.5 Å². The van der Waals surface area contributed by atoms with E-state index in [0.29, 0.717) is 16.6 Å². The molecule has 1 N–H and O–H groups in total. The first-order chi connectivity index (χ1) is 11.5. The van der Waals surface area contributed by atoms with Gasteiger partial charge in [0.2, 0.25) is 5.91 Å². The van der Waals surface area contributed by atoms with Crippen molar-refractivity contribution < 1.29 is 4.79 Å². The highest BCUT2D eigenvalue weighted by atomic mass is 79.9. The van der Waals surface area contributed by atoms with Crippen molar-refractivity contribution in [2.75, 3.05) is 5.32 Å². The second-order valence-electron chi connectivity index (χ2n) is 5.35. The lowest BCUT2D eigenvalue weighted by Gasteiger charge is -2.12. The topological polar surface area (TPSA) is 64.0 Å². The van der Waals surface area contributed by atoms with Crippen molar-refractivity contribution in [2.24, 2.45) is 0 Å². The van der Waals surface area contributed by atoms with Crippen LogP contribution < -0.4 is 10.9 Å². The molecule has 0 bridgehead atoms. The molecule has 1 amide bonds. The zero-order valence-corrected chi connectivity index (χ0v) is 15.9. The van der Waals surface area contributed by atoms with Crippen LogP contribution in [0.5, 0.6) is 0 Å². The van der Waals surface area contributed by atoms with Gasteiger partial charge in [-0.1, -0.05) is 12.1 Å². The van der Waals surface area contributed by atoms with Crippen LogP contribution in [0.3, 0.4) is 0 Å². The molecule has 7 heteroatoms. The van der Waals surface area contributed by atoms with Crippen LogP contribution in [0.1, 0.15) is 5.56 Å². The van der Waals surface area contributed by atoms with Gasteiger partial charge in [-0.2, -0.15) is 0 Å². The highest BCUT2D eigenvalue weighted by Gasteiger charge is 2.12. The van der Waals surface area contributed by atoms with Gasteiger partial charge in [0.15, 0.2) is 0 Å². The third-order valence-electron chi connectivity index (χ3n) is 3.50. The normalized spacial score (nSPS) is 10.8. The number of benzene rings is 2. The summed E-state index contributed by atoms with van der Waals surface area (Å²) in [4.78, 5) is 29.0. The number of amides is 1. The molecule has 3 aromatic rings. The lowest BCUT2D eigenvalue weighted by atomic mass is 10.2. The average Bonchev–Trinajstić information content (AvgIpc) is 2.54. The first-order valence-corrected chi connectivity index (χ1v) is 8.74. The smallest absolute Gasteiger partial charge is 0.261 e. The first kappa shape index (κ1) is 16.9. The summed E-state index contributed by atoms with van der Waals surface area (Å²) in [5, 5.41) is 3.30. The Kier molecular flexibility index (Phi) is 4.82. The summed E-state index contributed by atoms with van der Waals surface area (Å²) >= 11 is 6.87. The van der Waals surface area contributed by atoms with Crippen molar-refractivity contribution in [3.63, 3.8) is 0 Å². The first-order valence-electron chi connectivity index (χ1n) is 7.15. The molecule has 3 rings (SSSR count). The van der Waals surface area contributed by atoms with Crippen LogP contribution in [0.2, 0.25) is 0 Å². The Hall–Kier alpha value is -1.99. The van der Waals surface area contributed by atoms with E-state index >= 15 is 0 Å². The van der Waals surface area contributed by atoms with Crippen molar-refractivity contribution in [3.8, 4) is 0 Å². The number of aromatic nitrogens is 2.